The third-order valence-corrected chi connectivity index (χ3v) is 5.78. The van der Waals surface area contributed by atoms with Gasteiger partial charge in [0.1, 0.15) is 5.75 Å². The maximum Gasteiger partial charge on any atom is 0.256 e. The van der Waals surface area contributed by atoms with Gasteiger partial charge in [0, 0.05) is 43.8 Å². The van der Waals surface area contributed by atoms with Gasteiger partial charge in [-0.15, -0.1) is 0 Å². The molecule has 2 aliphatic rings. The Morgan fingerprint density at radius 3 is 2.44 bits per heavy atom. The average Bonchev–Trinajstić information content (AvgIpc) is 3.37. The van der Waals surface area contributed by atoms with Crippen LogP contribution in [0.25, 0.3) is 0 Å². The number of likely N-dealkylation sites (tertiary alicyclic amines) is 1. The SMILES string of the molecule is COc1ccc([C@H]2CN(C(=O)c3ccccc3N3CCCC3)C[C@@H]2N)cc1. The van der Waals surface area contributed by atoms with Gasteiger partial charge in [-0.25, -0.2) is 0 Å². The van der Waals surface area contributed by atoms with Gasteiger partial charge in [0.05, 0.1) is 12.7 Å². The second-order valence-corrected chi connectivity index (χ2v) is 7.46. The molecule has 2 aromatic carbocycles. The van der Waals surface area contributed by atoms with Gasteiger partial charge in [-0.05, 0) is 42.7 Å². The minimum absolute atomic E-state index is 0.0544. The Balaban J connectivity index is 1.53. The number of anilines is 1. The lowest BCUT2D eigenvalue weighted by atomic mass is 9.95. The predicted molar refractivity (Wildman–Crippen MR) is 108 cm³/mol. The second kappa shape index (κ2) is 7.61. The van der Waals surface area contributed by atoms with Gasteiger partial charge >= 0.3 is 0 Å². The first kappa shape index (κ1) is 17.9. The number of amides is 1. The van der Waals surface area contributed by atoms with Gasteiger partial charge in [-0.1, -0.05) is 24.3 Å². The molecule has 27 heavy (non-hydrogen) atoms. The number of carbonyl (C=O) groups excluding carboxylic acids is 1. The number of carbonyl (C=O) groups is 1. The quantitative estimate of drug-likeness (QED) is 0.905. The van der Waals surface area contributed by atoms with Crippen molar-refractivity contribution in [3.8, 4) is 5.75 Å². The summed E-state index contributed by atoms with van der Waals surface area (Å²) < 4.78 is 5.24. The molecule has 0 unspecified atom stereocenters. The molecule has 2 aromatic rings. The zero-order valence-corrected chi connectivity index (χ0v) is 15.8. The molecule has 0 spiro atoms. The third kappa shape index (κ3) is 3.52. The number of benzene rings is 2. The summed E-state index contributed by atoms with van der Waals surface area (Å²) in [6, 6.07) is 15.9. The summed E-state index contributed by atoms with van der Waals surface area (Å²) >= 11 is 0. The molecule has 2 atom stereocenters. The van der Waals surface area contributed by atoms with Crippen LogP contribution in [0.15, 0.2) is 48.5 Å². The molecule has 0 aliphatic carbocycles. The fourth-order valence-corrected chi connectivity index (χ4v) is 4.26. The van der Waals surface area contributed by atoms with Crippen molar-refractivity contribution < 1.29 is 9.53 Å². The molecule has 2 fully saturated rings. The Morgan fingerprint density at radius 1 is 1.04 bits per heavy atom. The van der Waals surface area contributed by atoms with Crippen LogP contribution in [-0.4, -0.2) is 50.1 Å². The zero-order valence-electron chi connectivity index (χ0n) is 15.8. The van der Waals surface area contributed by atoms with E-state index < -0.39 is 0 Å². The molecule has 2 aliphatic heterocycles. The van der Waals surface area contributed by atoms with Crippen molar-refractivity contribution in [2.75, 3.05) is 38.2 Å². The number of methoxy groups -OCH3 is 1. The number of ether oxygens (including phenoxy) is 1. The van der Waals surface area contributed by atoms with Crippen molar-refractivity contribution in [1.82, 2.24) is 4.90 Å². The van der Waals surface area contributed by atoms with Crippen molar-refractivity contribution >= 4 is 11.6 Å². The van der Waals surface area contributed by atoms with Gasteiger partial charge < -0.3 is 20.3 Å². The number of rotatable bonds is 4. The topological polar surface area (TPSA) is 58.8 Å². The summed E-state index contributed by atoms with van der Waals surface area (Å²) in [7, 11) is 1.66. The molecule has 2 saturated heterocycles. The first-order valence-electron chi connectivity index (χ1n) is 9.70. The van der Waals surface area contributed by atoms with Crippen molar-refractivity contribution in [3.63, 3.8) is 0 Å². The Bertz CT molecular complexity index is 799. The molecule has 0 radical (unpaired) electrons. The molecule has 1 amide bonds. The van der Waals surface area contributed by atoms with E-state index in [0.29, 0.717) is 13.1 Å². The van der Waals surface area contributed by atoms with Crippen molar-refractivity contribution in [1.29, 1.82) is 0 Å². The smallest absolute Gasteiger partial charge is 0.256 e. The summed E-state index contributed by atoms with van der Waals surface area (Å²) in [4.78, 5) is 17.5. The minimum Gasteiger partial charge on any atom is -0.497 e. The van der Waals surface area contributed by atoms with Gasteiger partial charge in [-0.2, -0.15) is 0 Å². The Morgan fingerprint density at radius 2 is 1.74 bits per heavy atom. The van der Waals surface area contributed by atoms with E-state index >= 15 is 0 Å². The second-order valence-electron chi connectivity index (χ2n) is 7.46. The third-order valence-electron chi connectivity index (χ3n) is 5.78. The Labute approximate surface area is 160 Å². The zero-order chi connectivity index (χ0) is 18.8. The van der Waals surface area contributed by atoms with Crippen molar-refractivity contribution in [2.24, 2.45) is 5.73 Å². The number of hydrogen-bond donors (Lipinski definition) is 1. The number of nitrogens with two attached hydrogens (primary N) is 1. The molecule has 2 heterocycles. The van der Waals surface area contributed by atoms with Crippen molar-refractivity contribution in [3.05, 3.63) is 59.7 Å². The summed E-state index contributed by atoms with van der Waals surface area (Å²) in [5, 5.41) is 0. The highest BCUT2D eigenvalue weighted by atomic mass is 16.5. The summed E-state index contributed by atoms with van der Waals surface area (Å²) in [6.45, 7) is 3.29. The Hall–Kier alpha value is -2.53. The first-order valence-corrected chi connectivity index (χ1v) is 9.70. The van der Waals surface area contributed by atoms with E-state index in [0.717, 1.165) is 35.7 Å². The van der Waals surface area contributed by atoms with Crippen LogP contribution < -0.4 is 15.4 Å². The maximum atomic E-state index is 13.3. The van der Waals surface area contributed by atoms with Crippen molar-refractivity contribution in [2.45, 2.75) is 24.8 Å². The van der Waals surface area contributed by atoms with Gasteiger partial charge in [0.25, 0.3) is 5.91 Å². The molecular formula is C22H27N3O2. The summed E-state index contributed by atoms with van der Waals surface area (Å²) in [5.74, 6) is 1.07. The van der Waals surface area contributed by atoms with Gasteiger partial charge in [-0.3, -0.25) is 4.79 Å². The molecule has 5 heteroatoms. The average molecular weight is 365 g/mol. The van der Waals surface area contributed by atoms with E-state index in [1.807, 2.05) is 35.2 Å². The van der Waals surface area contributed by atoms with Gasteiger partial charge in [0.2, 0.25) is 0 Å². The number of hydrogen-bond acceptors (Lipinski definition) is 4. The molecule has 2 N–H and O–H groups in total. The van der Waals surface area contributed by atoms with Crippen LogP contribution in [-0.2, 0) is 0 Å². The fourth-order valence-electron chi connectivity index (χ4n) is 4.26. The van der Waals surface area contributed by atoms with Crippen LogP contribution in [0, 0.1) is 0 Å². The van der Waals surface area contributed by atoms with E-state index in [-0.39, 0.29) is 17.9 Å². The standard InChI is InChI=1S/C22H27N3O2/c1-27-17-10-8-16(9-11-17)19-14-25(15-20(19)23)22(26)18-6-2-3-7-21(18)24-12-4-5-13-24/h2-3,6-11,19-20H,4-5,12-15,23H2,1H3/t19-,20+/m1/s1. The highest BCUT2D eigenvalue weighted by molar-refractivity contribution is 6.00. The van der Waals surface area contributed by atoms with E-state index in [2.05, 4.69) is 23.1 Å². The molecule has 0 bridgehead atoms. The number of para-hydroxylation sites is 1. The lowest BCUT2D eigenvalue weighted by Gasteiger charge is -2.24. The highest BCUT2D eigenvalue weighted by Gasteiger charge is 2.35. The normalized spacial score (nSPS) is 22.3. The van der Waals surface area contributed by atoms with E-state index in [9.17, 15) is 4.79 Å². The molecule has 0 aromatic heterocycles. The van der Waals surface area contributed by atoms with Gasteiger partial charge in [0.15, 0.2) is 0 Å². The molecule has 4 rings (SSSR count). The maximum absolute atomic E-state index is 13.3. The van der Waals surface area contributed by atoms with Crippen LogP contribution in [0.5, 0.6) is 5.75 Å². The van der Waals surface area contributed by atoms with Crippen LogP contribution in [0.3, 0.4) is 0 Å². The fraction of sp³-hybridized carbons (Fsp3) is 0.409. The molecule has 0 saturated carbocycles. The van der Waals surface area contributed by atoms with Crippen LogP contribution >= 0.6 is 0 Å². The highest BCUT2D eigenvalue weighted by Crippen LogP contribution is 2.31. The molecule has 142 valence electrons. The first-order chi connectivity index (χ1) is 13.2. The lowest BCUT2D eigenvalue weighted by molar-refractivity contribution is 0.0789. The lowest BCUT2D eigenvalue weighted by Crippen LogP contribution is -2.33. The molecule has 5 nitrogen and oxygen atoms in total. The van der Waals surface area contributed by atoms with Crippen LogP contribution in [0.4, 0.5) is 5.69 Å². The predicted octanol–water partition coefficient (Wildman–Crippen LogP) is 2.86. The van der Waals surface area contributed by atoms with Crippen LogP contribution in [0.1, 0.15) is 34.7 Å². The summed E-state index contributed by atoms with van der Waals surface area (Å²) in [6.07, 6.45) is 2.38. The van der Waals surface area contributed by atoms with E-state index in [1.165, 1.54) is 12.8 Å². The summed E-state index contributed by atoms with van der Waals surface area (Å²) in [5.41, 5.74) is 9.42. The minimum atomic E-state index is -0.0544. The van der Waals surface area contributed by atoms with Crippen LogP contribution in [0.2, 0.25) is 0 Å². The molecular weight excluding hydrogens is 338 g/mol. The monoisotopic (exact) mass is 365 g/mol. The van der Waals surface area contributed by atoms with E-state index in [1.54, 1.807) is 7.11 Å². The van der Waals surface area contributed by atoms with E-state index in [4.69, 9.17) is 10.5 Å². The Kier molecular flexibility index (Phi) is 5.03. The number of nitrogens with zero attached hydrogens (tertiary/aromatic N) is 2. The largest absolute Gasteiger partial charge is 0.497 e.